The van der Waals surface area contributed by atoms with Gasteiger partial charge in [-0.3, -0.25) is 4.79 Å². The molecule has 2 aliphatic heterocycles. The number of halogens is 1. The zero-order valence-corrected chi connectivity index (χ0v) is 9.84. The minimum atomic E-state index is -0.470. The SMILES string of the molecule is Nc1ncc(F)c(N2CCN3C(=O)CCC3C2)n1. The average Bonchev–Trinajstić information content (AvgIpc) is 2.74. The van der Waals surface area contributed by atoms with Crippen LogP contribution in [0.4, 0.5) is 16.2 Å². The van der Waals surface area contributed by atoms with Gasteiger partial charge in [0.2, 0.25) is 11.9 Å². The molecule has 0 spiro atoms. The molecule has 2 N–H and O–H groups in total. The molecule has 2 aliphatic rings. The number of piperazine rings is 1. The fourth-order valence-electron chi connectivity index (χ4n) is 2.65. The zero-order valence-electron chi connectivity index (χ0n) is 9.84. The first-order valence-corrected chi connectivity index (χ1v) is 5.97. The largest absolute Gasteiger partial charge is 0.368 e. The Morgan fingerprint density at radius 3 is 3.11 bits per heavy atom. The molecule has 2 saturated heterocycles. The molecule has 6 nitrogen and oxygen atoms in total. The Balaban J connectivity index is 1.82. The molecule has 3 rings (SSSR count). The van der Waals surface area contributed by atoms with Crippen LogP contribution in [0.15, 0.2) is 6.20 Å². The minimum absolute atomic E-state index is 0.0660. The maximum absolute atomic E-state index is 13.7. The molecule has 0 radical (unpaired) electrons. The van der Waals surface area contributed by atoms with Crippen molar-refractivity contribution in [3.05, 3.63) is 12.0 Å². The van der Waals surface area contributed by atoms with Gasteiger partial charge in [-0.15, -0.1) is 0 Å². The molecular weight excluding hydrogens is 237 g/mol. The van der Waals surface area contributed by atoms with Crippen molar-refractivity contribution in [2.45, 2.75) is 18.9 Å². The van der Waals surface area contributed by atoms with E-state index in [1.807, 2.05) is 9.80 Å². The van der Waals surface area contributed by atoms with Gasteiger partial charge in [0, 0.05) is 32.1 Å². The topological polar surface area (TPSA) is 75.3 Å². The van der Waals surface area contributed by atoms with E-state index in [0.29, 0.717) is 26.1 Å². The Bertz CT molecular complexity index is 494. The summed E-state index contributed by atoms with van der Waals surface area (Å²) < 4.78 is 13.7. The third-order valence-corrected chi connectivity index (χ3v) is 3.54. The van der Waals surface area contributed by atoms with Gasteiger partial charge in [0.05, 0.1) is 6.20 Å². The summed E-state index contributed by atoms with van der Waals surface area (Å²) in [5.41, 5.74) is 5.48. The normalized spacial score (nSPS) is 23.4. The molecule has 1 aromatic rings. The van der Waals surface area contributed by atoms with Crippen LogP contribution in [0.25, 0.3) is 0 Å². The summed E-state index contributed by atoms with van der Waals surface area (Å²) in [7, 11) is 0. The predicted molar refractivity (Wildman–Crippen MR) is 63.4 cm³/mol. The number of rotatable bonds is 1. The third kappa shape index (κ3) is 1.75. The van der Waals surface area contributed by atoms with E-state index in [0.717, 1.165) is 12.6 Å². The Morgan fingerprint density at radius 1 is 1.44 bits per heavy atom. The molecule has 0 aliphatic carbocycles. The Morgan fingerprint density at radius 2 is 2.28 bits per heavy atom. The zero-order chi connectivity index (χ0) is 12.7. The molecule has 0 aromatic carbocycles. The second-order valence-corrected chi connectivity index (χ2v) is 4.63. The van der Waals surface area contributed by atoms with Gasteiger partial charge < -0.3 is 15.5 Å². The fraction of sp³-hybridized carbons (Fsp3) is 0.545. The highest BCUT2D eigenvalue weighted by atomic mass is 19.1. The molecule has 18 heavy (non-hydrogen) atoms. The van der Waals surface area contributed by atoms with E-state index in [1.165, 1.54) is 0 Å². The van der Waals surface area contributed by atoms with Gasteiger partial charge >= 0.3 is 0 Å². The smallest absolute Gasteiger partial charge is 0.223 e. The lowest BCUT2D eigenvalue weighted by atomic mass is 10.1. The number of nitrogens with two attached hydrogens (primary N) is 1. The van der Waals surface area contributed by atoms with E-state index in [-0.39, 0.29) is 23.7 Å². The van der Waals surface area contributed by atoms with Crippen LogP contribution in [0.3, 0.4) is 0 Å². The van der Waals surface area contributed by atoms with Crippen LogP contribution < -0.4 is 10.6 Å². The number of anilines is 2. The lowest BCUT2D eigenvalue weighted by Crippen LogP contribution is -2.52. The number of hydrogen-bond donors (Lipinski definition) is 1. The van der Waals surface area contributed by atoms with Crippen molar-refractivity contribution in [2.24, 2.45) is 0 Å². The maximum atomic E-state index is 13.7. The molecule has 3 heterocycles. The first-order valence-electron chi connectivity index (χ1n) is 5.97. The molecule has 0 saturated carbocycles. The van der Waals surface area contributed by atoms with E-state index >= 15 is 0 Å². The highest BCUT2D eigenvalue weighted by Gasteiger charge is 2.36. The van der Waals surface area contributed by atoms with Crippen LogP contribution in [0.5, 0.6) is 0 Å². The Hall–Kier alpha value is -1.92. The summed E-state index contributed by atoms with van der Waals surface area (Å²) in [4.78, 5) is 22.8. The number of aromatic nitrogens is 2. The summed E-state index contributed by atoms with van der Waals surface area (Å²) >= 11 is 0. The standard InChI is InChI=1S/C11H14FN5O/c12-8-5-14-11(13)15-10(8)16-3-4-17-7(6-16)1-2-9(17)18/h5,7H,1-4,6H2,(H2,13,14,15). The molecule has 1 unspecified atom stereocenters. The molecule has 0 bridgehead atoms. The van der Waals surface area contributed by atoms with Crippen molar-refractivity contribution in [2.75, 3.05) is 30.3 Å². The van der Waals surface area contributed by atoms with Crippen LogP contribution in [0.1, 0.15) is 12.8 Å². The predicted octanol–water partition coefficient (Wildman–Crippen LogP) is 0.00890. The summed E-state index contributed by atoms with van der Waals surface area (Å²) in [6.45, 7) is 1.81. The summed E-state index contributed by atoms with van der Waals surface area (Å²) in [5.74, 6) is 0.0297. The van der Waals surface area contributed by atoms with Gasteiger partial charge in [-0.2, -0.15) is 4.98 Å². The highest BCUT2D eigenvalue weighted by Crippen LogP contribution is 2.26. The van der Waals surface area contributed by atoms with Crippen LogP contribution >= 0.6 is 0 Å². The van der Waals surface area contributed by atoms with Crippen molar-refractivity contribution in [3.8, 4) is 0 Å². The summed E-state index contributed by atoms with van der Waals surface area (Å²) in [5, 5.41) is 0. The molecule has 1 atom stereocenters. The number of carbonyl (C=O) groups excluding carboxylic acids is 1. The van der Waals surface area contributed by atoms with Crippen molar-refractivity contribution in [1.82, 2.24) is 14.9 Å². The van der Waals surface area contributed by atoms with E-state index < -0.39 is 5.82 Å². The van der Waals surface area contributed by atoms with Crippen LogP contribution in [0.2, 0.25) is 0 Å². The van der Waals surface area contributed by atoms with Gasteiger partial charge in [0.25, 0.3) is 0 Å². The molecule has 1 aromatic heterocycles. The number of amides is 1. The molecule has 2 fully saturated rings. The van der Waals surface area contributed by atoms with Crippen molar-refractivity contribution < 1.29 is 9.18 Å². The lowest BCUT2D eigenvalue weighted by molar-refractivity contribution is -0.129. The number of carbonyl (C=O) groups is 1. The Labute approximate surface area is 104 Å². The quantitative estimate of drug-likeness (QED) is 0.761. The van der Waals surface area contributed by atoms with Crippen LogP contribution in [-0.2, 0) is 4.79 Å². The first-order chi connectivity index (χ1) is 8.65. The molecule has 7 heteroatoms. The third-order valence-electron chi connectivity index (χ3n) is 3.54. The van der Waals surface area contributed by atoms with Gasteiger partial charge in [0.1, 0.15) is 0 Å². The highest BCUT2D eigenvalue weighted by molar-refractivity contribution is 5.79. The van der Waals surface area contributed by atoms with Crippen LogP contribution in [-0.4, -0.2) is 46.5 Å². The average molecular weight is 251 g/mol. The summed E-state index contributed by atoms with van der Waals surface area (Å²) in [6.07, 6.45) is 2.51. The van der Waals surface area contributed by atoms with E-state index in [1.54, 1.807) is 0 Å². The van der Waals surface area contributed by atoms with E-state index in [2.05, 4.69) is 9.97 Å². The fourth-order valence-corrected chi connectivity index (χ4v) is 2.65. The number of hydrogen-bond acceptors (Lipinski definition) is 5. The lowest BCUT2D eigenvalue weighted by Gasteiger charge is -2.38. The second-order valence-electron chi connectivity index (χ2n) is 4.63. The first kappa shape index (κ1) is 11.2. The molecular formula is C11H14FN5O. The monoisotopic (exact) mass is 251 g/mol. The number of nitrogens with zero attached hydrogens (tertiary/aromatic N) is 4. The number of nitrogen functional groups attached to an aromatic ring is 1. The maximum Gasteiger partial charge on any atom is 0.223 e. The summed E-state index contributed by atoms with van der Waals surface area (Å²) in [6, 6.07) is 0.168. The minimum Gasteiger partial charge on any atom is -0.368 e. The molecule has 96 valence electrons. The Kier molecular flexibility index (Phi) is 2.53. The van der Waals surface area contributed by atoms with Gasteiger partial charge in [-0.25, -0.2) is 9.37 Å². The molecule has 1 amide bonds. The van der Waals surface area contributed by atoms with E-state index in [4.69, 9.17) is 5.73 Å². The van der Waals surface area contributed by atoms with Crippen molar-refractivity contribution >= 4 is 17.7 Å². The van der Waals surface area contributed by atoms with Gasteiger partial charge in [-0.1, -0.05) is 0 Å². The van der Waals surface area contributed by atoms with Crippen molar-refractivity contribution in [1.29, 1.82) is 0 Å². The number of fused-ring (bicyclic) bond motifs is 1. The van der Waals surface area contributed by atoms with Gasteiger partial charge in [0.15, 0.2) is 11.6 Å². The van der Waals surface area contributed by atoms with E-state index in [9.17, 15) is 9.18 Å². The van der Waals surface area contributed by atoms with Gasteiger partial charge in [-0.05, 0) is 6.42 Å². The van der Waals surface area contributed by atoms with Crippen molar-refractivity contribution in [3.63, 3.8) is 0 Å². The second kappa shape index (κ2) is 4.08. The van der Waals surface area contributed by atoms with Crippen LogP contribution in [0, 0.1) is 5.82 Å².